The van der Waals surface area contributed by atoms with Crippen LogP contribution in [0.5, 0.6) is 0 Å². The zero-order valence-corrected chi connectivity index (χ0v) is 11.3. The van der Waals surface area contributed by atoms with Gasteiger partial charge in [-0.1, -0.05) is 62.5 Å². The van der Waals surface area contributed by atoms with Crippen molar-refractivity contribution in [2.75, 3.05) is 0 Å². The molecule has 0 nitrogen and oxygen atoms in total. The molecule has 0 N–H and O–H groups in total. The van der Waals surface area contributed by atoms with Crippen LogP contribution >= 0.6 is 0 Å². The van der Waals surface area contributed by atoms with E-state index in [4.69, 9.17) is 0 Å². The van der Waals surface area contributed by atoms with Crippen LogP contribution < -0.4 is 0 Å². The number of benzene rings is 1. The highest BCUT2D eigenvalue weighted by Gasteiger charge is 2.09. The molecule has 0 aliphatic heterocycles. The third-order valence-electron chi connectivity index (χ3n) is 2.66. The Labute approximate surface area is 95.6 Å². The van der Waals surface area contributed by atoms with Gasteiger partial charge in [-0.15, -0.1) is 0 Å². The average Bonchev–Trinajstić information content (AvgIpc) is 2.17. The van der Waals surface area contributed by atoms with Crippen molar-refractivity contribution >= 4 is 14.4 Å². The van der Waals surface area contributed by atoms with Crippen molar-refractivity contribution in [3.63, 3.8) is 0 Å². The van der Waals surface area contributed by atoms with E-state index in [0.29, 0.717) is 5.92 Å². The Kier molecular flexibility index (Phi) is 4.34. The minimum absolute atomic E-state index is 0.136. The summed E-state index contributed by atoms with van der Waals surface area (Å²) in [7, 11) is -0.136. The van der Waals surface area contributed by atoms with Crippen molar-refractivity contribution in [2.45, 2.75) is 38.9 Å². The largest absolute Gasteiger partial charge is 0.0955 e. The number of rotatable bonds is 4. The number of allylic oxidation sites excluding steroid dienone is 1. The molecule has 0 spiro atoms. The summed E-state index contributed by atoms with van der Waals surface area (Å²) in [6, 6.07) is 10.2. The van der Waals surface area contributed by atoms with Gasteiger partial charge < -0.3 is 0 Å². The minimum atomic E-state index is -0.136. The van der Waals surface area contributed by atoms with Gasteiger partial charge in [0.1, 0.15) is 0 Å². The molecule has 0 saturated heterocycles. The summed E-state index contributed by atoms with van der Waals surface area (Å²) >= 11 is 0. The van der Waals surface area contributed by atoms with Gasteiger partial charge in [0.2, 0.25) is 0 Å². The molecule has 0 bridgehead atoms. The molecule has 0 aliphatic carbocycles. The van der Waals surface area contributed by atoms with E-state index < -0.39 is 0 Å². The Bertz CT molecular complexity index is 339. The standard InChI is InChI=1S/C14H21Si/c1-11(2)13-7-6-8-14(9-13)12(3)10-15(4)5/h6-9,12H,1,10H2,2-5H3. The van der Waals surface area contributed by atoms with E-state index in [1.54, 1.807) is 0 Å². The quantitative estimate of drug-likeness (QED) is 0.648. The van der Waals surface area contributed by atoms with Gasteiger partial charge in [0, 0.05) is 8.80 Å². The van der Waals surface area contributed by atoms with Gasteiger partial charge in [0.05, 0.1) is 0 Å². The lowest BCUT2D eigenvalue weighted by Crippen LogP contribution is -2.05. The molecule has 1 heteroatoms. The molecular weight excluding hydrogens is 196 g/mol. The van der Waals surface area contributed by atoms with E-state index in [1.807, 2.05) is 0 Å². The molecule has 1 aromatic carbocycles. The molecule has 1 atom stereocenters. The molecule has 0 amide bonds. The SMILES string of the molecule is C=C(C)c1cccc(C(C)C[Si](C)C)c1. The first-order valence-electron chi connectivity index (χ1n) is 5.55. The summed E-state index contributed by atoms with van der Waals surface area (Å²) < 4.78 is 0. The van der Waals surface area contributed by atoms with Crippen LogP contribution in [-0.4, -0.2) is 8.80 Å². The van der Waals surface area contributed by atoms with E-state index >= 15 is 0 Å². The molecule has 0 heterocycles. The van der Waals surface area contributed by atoms with Gasteiger partial charge in [-0.3, -0.25) is 0 Å². The fraction of sp³-hybridized carbons (Fsp3) is 0.429. The van der Waals surface area contributed by atoms with Gasteiger partial charge >= 0.3 is 0 Å². The summed E-state index contributed by atoms with van der Waals surface area (Å²) in [5.74, 6) is 0.688. The van der Waals surface area contributed by atoms with E-state index in [2.05, 4.69) is 57.8 Å². The molecule has 0 fully saturated rings. The molecule has 81 valence electrons. The first-order chi connectivity index (χ1) is 7.00. The summed E-state index contributed by atoms with van der Waals surface area (Å²) in [5.41, 5.74) is 3.89. The molecule has 0 saturated carbocycles. The molecule has 0 aliphatic rings. The van der Waals surface area contributed by atoms with Crippen LogP contribution in [0.3, 0.4) is 0 Å². The monoisotopic (exact) mass is 217 g/mol. The van der Waals surface area contributed by atoms with E-state index in [9.17, 15) is 0 Å². The van der Waals surface area contributed by atoms with Gasteiger partial charge in [0.25, 0.3) is 0 Å². The molecule has 0 aromatic heterocycles. The second-order valence-corrected chi connectivity index (χ2v) is 7.54. The lowest BCUT2D eigenvalue weighted by molar-refractivity contribution is 0.853. The first-order valence-corrected chi connectivity index (χ1v) is 8.26. The molecular formula is C14H21Si. The summed E-state index contributed by atoms with van der Waals surface area (Å²) in [6.07, 6.45) is 0. The van der Waals surface area contributed by atoms with Crippen LogP contribution in [0.4, 0.5) is 0 Å². The van der Waals surface area contributed by atoms with E-state index in [0.717, 1.165) is 5.57 Å². The molecule has 1 aromatic rings. The fourth-order valence-corrected chi connectivity index (χ4v) is 3.30. The fourth-order valence-electron chi connectivity index (χ4n) is 1.84. The Morgan fingerprint density at radius 1 is 1.40 bits per heavy atom. The third-order valence-corrected chi connectivity index (χ3v) is 4.09. The zero-order chi connectivity index (χ0) is 11.4. The highest BCUT2D eigenvalue weighted by atomic mass is 28.3. The first kappa shape index (κ1) is 12.2. The van der Waals surface area contributed by atoms with Crippen molar-refractivity contribution in [1.29, 1.82) is 0 Å². The normalized spacial score (nSPS) is 12.9. The lowest BCUT2D eigenvalue weighted by Gasteiger charge is -2.14. The van der Waals surface area contributed by atoms with Crippen molar-refractivity contribution < 1.29 is 0 Å². The van der Waals surface area contributed by atoms with Crippen LogP contribution in [0, 0.1) is 0 Å². The summed E-state index contributed by atoms with van der Waals surface area (Å²) in [4.78, 5) is 0. The maximum atomic E-state index is 3.99. The average molecular weight is 217 g/mol. The second kappa shape index (κ2) is 5.31. The molecule has 1 unspecified atom stereocenters. The second-order valence-electron chi connectivity index (χ2n) is 4.72. The Morgan fingerprint density at radius 2 is 2.07 bits per heavy atom. The maximum absolute atomic E-state index is 3.99. The highest BCUT2D eigenvalue weighted by Crippen LogP contribution is 2.24. The highest BCUT2D eigenvalue weighted by molar-refractivity contribution is 6.55. The lowest BCUT2D eigenvalue weighted by atomic mass is 9.98. The van der Waals surface area contributed by atoms with Crippen LogP contribution in [0.25, 0.3) is 5.57 Å². The van der Waals surface area contributed by atoms with Gasteiger partial charge in [0.15, 0.2) is 0 Å². The van der Waals surface area contributed by atoms with Gasteiger partial charge in [-0.2, -0.15) is 0 Å². The maximum Gasteiger partial charge on any atom is 0.0419 e. The topological polar surface area (TPSA) is 0 Å². The van der Waals surface area contributed by atoms with Crippen molar-refractivity contribution in [1.82, 2.24) is 0 Å². The third kappa shape index (κ3) is 3.67. The predicted molar refractivity (Wildman–Crippen MR) is 71.9 cm³/mol. The Morgan fingerprint density at radius 3 is 2.60 bits per heavy atom. The number of hydrogen-bond donors (Lipinski definition) is 0. The van der Waals surface area contributed by atoms with Crippen LogP contribution in [-0.2, 0) is 0 Å². The van der Waals surface area contributed by atoms with Crippen LogP contribution in [0.1, 0.15) is 30.9 Å². The van der Waals surface area contributed by atoms with Crippen molar-refractivity contribution in [3.05, 3.63) is 42.0 Å². The number of hydrogen-bond acceptors (Lipinski definition) is 0. The minimum Gasteiger partial charge on any atom is -0.0955 e. The van der Waals surface area contributed by atoms with E-state index in [1.165, 1.54) is 17.2 Å². The van der Waals surface area contributed by atoms with Gasteiger partial charge in [-0.05, 0) is 24.0 Å². The predicted octanol–water partition coefficient (Wildman–Crippen LogP) is 4.58. The molecule has 1 radical (unpaired) electrons. The van der Waals surface area contributed by atoms with Crippen LogP contribution in [0.15, 0.2) is 30.8 Å². The van der Waals surface area contributed by atoms with Crippen molar-refractivity contribution in [3.8, 4) is 0 Å². The van der Waals surface area contributed by atoms with Crippen molar-refractivity contribution in [2.24, 2.45) is 0 Å². The Balaban J connectivity index is 2.85. The summed E-state index contributed by atoms with van der Waals surface area (Å²) in [6.45, 7) is 13.1. The summed E-state index contributed by atoms with van der Waals surface area (Å²) in [5, 5.41) is 0. The smallest absolute Gasteiger partial charge is 0.0419 e. The molecule has 15 heavy (non-hydrogen) atoms. The Hall–Kier alpha value is -0.823. The zero-order valence-electron chi connectivity index (χ0n) is 10.3. The van der Waals surface area contributed by atoms with Gasteiger partial charge in [-0.25, -0.2) is 0 Å². The van der Waals surface area contributed by atoms with E-state index in [-0.39, 0.29) is 8.80 Å². The van der Waals surface area contributed by atoms with Crippen LogP contribution in [0.2, 0.25) is 19.1 Å². The molecule has 1 rings (SSSR count).